The Hall–Kier alpha value is -0.690. The van der Waals surface area contributed by atoms with Gasteiger partial charge in [0.1, 0.15) is 18.3 Å². The third kappa shape index (κ3) is 10.8. The van der Waals surface area contributed by atoms with Crippen molar-refractivity contribution in [2.24, 2.45) is 0 Å². The molecule has 1 unspecified atom stereocenters. The molecule has 4 atom stereocenters. The Labute approximate surface area is 177 Å². The third-order valence-electron chi connectivity index (χ3n) is 5.94. The van der Waals surface area contributed by atoms with Crippen LogP contribution in [-0.2, 0) is 9.53 Å². The van der Waals surface area contributed by atoms with Crippen LogP contribution in [0.5, 0.6) is 0 Å². The SMILES string of the molecule is CCCCCCCCCCCCCCCCN(C(C)=O)C1OC[C@@H](O)[C@H](O)[C@H]1O. The van der Waals surface area contributed by atoms with Gasteiger partial charge in [-0.2, -0.15) is 0 Å². The van der Waals surface area contributed by atoms with Crippen molar-refractivity contribution in [3.8, 4) is 0 Å². The van der Waals surface area contributed by atoms with Gasteiger partial charge in [0.05, 0.1) is 6.61 Å². The zero-order valence-corrected chi connectivity index (χ0v) is 18.7. The zero-order chi connectivity index (χ0) is 21.5. The fourth-order valence-corrected chi connectivity index (χ4v) is 4.01. The third-order valence-corrected chi connectivity index (χ3v) is 5.94. The van der Waals surface area contributed by atoms with Crippen LogP contribution in [0.2, 0.25) is 0 Å². The van der Waals surface area contributed by atoms with Gasteiger partial charge in [-0.15, -0.1) is 0 Å². The number of unbranched alkanes of at least 4 members (excludes halogenated alkanes) is 13. The van der Waals surface area contributed by atoms with Crippen LogP contribution in [-0.4, -0.2) is 63.8 Å². The molecule has 0 saturated carbocycles. The molecule has 0 aromatic heterocycles. The molecule has 0 bridgehead atoms. The Morgan fingerprint density at radius 1 is 0.793 bits per heavy atom. The Balaban J connectivity index is 2.04. The topological polar surface area (TPSA) is 90.2 Å². The Morgan fingerprint density at radius 2 is 1.24 bits per heavy atom. The van der Waals surface area contributed by atoms with Gasteiger partial charge in [-0.05, 0) is 6.42 Å². The lowest BCUT2D eigenvalue weighted by Gasteiger charge is -2.41. The average molecular weight is 416 g/mol. The van der Waals surface area contributed by atoms with Crippen molar-refractivity contribution in [1.82, 2.24) is 4.90 Å². The summed E-state index contributed by atoms with van der Waals surface area (Å²) in [6.45, 7) is 4.12. The number of nitrogens with zero attached hydrogens (tertiary/aromatic N) is 1. The van der Waals surface area contributed by atoms with E-state index in [0.717, 1.165) is 19.3 Å². The van der Waals surface area contributed by atoms with Gasteiger partial charge in [-0.1, -0.05) is 90.4 Å². The summed E-state index contributed by atoms with van der Waals surface area (Å²) >= 11 is 0. The molecule has 1 amide bonds. The minimum Gasteiger partial charge on any atom is -0.388 e. The van der Waals surface area contributed by atoms with Crippen LogP contribution in [0.1, 0.15) is 104 Å². The molecule has 1 saturated heterocycles. The van der Waals surface area contributed by atoms with Gasteiger partial charge >= 0.3 is 0 Å². The van der Waals surface area contributed by atoms with E-state index >= 15 is 0 Å². The molecule has 1 heterocycles. The fourth-order valence-electron chi connectivity index (χ4n) is 4.01. The quantitative estimate of drug-likeness (QED) is 0.334. The first-order chi connectivity index (χ1) is 14.0. The van der Waals surface area contributed by atoms with E-state index in [1.807, 2.05) is 0 Å². The average Bonchev–Trinajstić information content (AvgIpc) is 2.70. The summed E-state index contributed by atoms with van der Waals surface area (Å²) in [6, 6.07) is 0. The molecule has 1 rings (SSSR count). The lowest BCUT2D eigenvalue weighted by molar-refractivity contribution is -0.227. The standard InChI is InChI=1S/C23H45NO5/c1-3-4-5-6-7-8-9-10-11-12-13-14-15-16-17-24(19(2)25)23-22(28)21(27)20(26)18-29-23/h20-23,26-28H,3-18H2,1-2H3/t20-,21+,22-,23?/m1/s1. The molecule has 29 heavy (non-hydrogen) atoms. The molecule has 0 radical (unpaired) electrons. The number of rotatable bonds is 16. The molecule has 6 nitrogen and oxygen atoms in total. The van der Waals surface area contributed by atoms with E-state index < -0.39 is 24.5 Å². The maximum Gasteiger partial charge on any atom is 0.221 e. The Morgan fingerprint density at radius 3 is 1.69 bits per heavy atom. The highest BCUT2D eigenvalue weighted by atomic mass is 16.5. The van der Waals surface area contributed by atoms with Crippen LogP contribution in [0.25, 0.3) is 0 Å². The number of hydrogen-bond acceptors (Lipinski definition) is 5. The van der Waals surface area contributed by atoms with Crippen LogP contribution in [0.4, 0.5) is 0 Å². The highest BCUT2D eigenvalue weighted by Crippen LogP contribution is 2.20. The van der Waals surface area contributed by atoms with E-state index in [4.69, 9.17) is 4.74 Å². The van der Waals surface area contributed by atoms with Gasteiger partial charge < -0.3 is 25.0 Å². The molecule has 0 aromatic rings. The van der Waals surface area contributed by atoms with Crippen molar-refractivity contribution in [1.29, 1.82) is 0 Å². The van der Waals surface area contributed by atoms with Gasteiger partial charge in [-0.3, -0.25) is 4.79 Å². The van der Waals surface area contributed by atoms with Crippen LogP contribution in [0.3, 0.4) is 0 Å². The van der Waals surface area contributed by atoms with E-state index in [-0.39, 0.29) is 12.5 Å². The molecule has 1 aliphatic heterocycles. The summed E-state index contributed by atoms with van der Waals surface area (Å²) in [5, 5.41) is 29.5. The molecule has 1 aliphatic rings. The summed E-state index contributed by atoms with van der Waals surface area (Å²) in [4.78, 5) is 13.4. The Bertz CT molecular complexity index is 420. The van der Waals surface area contributed by atoms with Gasteiger partial charge in [0.15, 0.2) is 6.23 Å². The van der Waals surface area contributed by atoms with Crippen molar-refractivity contribution in [2.45, 2.75) is 128 Å². The molecule has 1 fully saturated rings. The maximum atomic E-state index is 11.9. The van der Waals surface area contributed by atoms with Gasteiger partial charge in [0.2, 0.25) is 5.91 Å². The molecule has 172 valence electrons. The number of aliphatic hydroxyl groups excluding tert-OH is 3. The lowest BCUT2D eigenvalue weighted by atomic mass is 10.0. The summed E-state index contributed by atoms with van der Waals surface area (Å²) in [5.41, 5.74) is 0. The second-order valence-corrected chi connectivity index (χ2v) is 8.58. The van der Waals surface area contributed by atoms with E-state index in [9.17, 15) is 20.1 Å². The minimum absolute atomic E-state index is 0.0780. The molecule has 0 aliphatic carbocycles. The van der Waals surface area contributed by atoms with E-state index in [1.165, 1.54) is 82.5 Å². The smallest absolute Gasteiger partial charge is 0.221 e. The Kier molecular flexibility index (Phi) is 14.6. The summed E-state index contributed by atoms with van der Waals surface area (Å²) < 4.78 is 5.41. The van der Waals surface area contributed by atoms with Gasteiger partial charge in [0.25, 0.3) is 0 Å². The lowest BCUT2D eigenvalue weighted by Crippen LogP contribution is -2.60. The first kappa shape index (κ1) is 26.3. The minimum atomic E-state index is -1.29. The summed E-state index contributed by atoms with van der Waals surface area (Å²) in [6.07, 6.45) is 13.3. The number of hydrogen-bond donors (Lipinski definition) is 3. The number of amides is 1. The van der Waals surface area contributed by atoms with Crippen molar-refractivity contribution in [3.63, 3.8) is 0 Å². The van der Waals surface area contributed by atoms with Crippen LogP contribution < -0.4 is 0 Å². The summed E-state index contributed by atoms with van der Waals surface area (Å²) in [7, 11) is 0. The molecule has 6 heteroatoms. The highest BCUT2D eigenvalue weighted by molar-refractivity contribution is 5.73. The van der Waals surface area contributed by atoms with Gasteiger partial charge in [0, 0.05) is 13.5 Å². The molecule has 0 spiro atoms. The van der Waals surface area contributed by atoms with E-state index in [2.05, 4.69) is 6.92 Å². The second kappa shape index (κ2) is 16.1. The normalized spacial score (nSPS) is 24.6. The monoisotopic (exact) mass is 415 g/mol. The van der Waals surface area contributed by atoms with Crippen molar-refractivity contribution >= 4 is 5.91 Å². The van der Waals surface area contributed by atoms with E-state index in [0.29, 0.717) is 6.54 Å². The molecular formula is C23H45NO5. The second-order valence-electron chi connectivity index (χ2n) is 8.58. The summed E-state index contributed by atoms with van der Waals surface area (Å²) in [5.74, 6) is -0.188. The zero-order valence-electron chi connectivity index (χ0n) is 18.7. The van der Waals surface area contributed by atoms with Gasteiger partial charge in [-0.25, -0.2) is 0 Å². The van der Waals surface area contributed by atoms with Crippen molar-refractivity contribution in [3.05, 3.63) is 0 Å². The fraction of sp³-hybridized carbons (Fsp3) is 0.957. The highest BCUT2D eigenvalue weighted by Gasteiger charge is 2.41. The molecular weight excluding hydrogens is 370 g/mol. The van der Waals surface area contributed by atoms with Crippen LogP contribution in [0, 0.1) is 0 Å². The van der Waals surface area contributed by atoms with Crippen LogP contribution >= 0.6 is 0 Å². The number of ether oxygens (including phenoxy) is 1. The molecule has 3 N–H and O–H groups in total. The first-order valence-corrected chi connectivity index (χ1v) is 11.9. The van der Waals surface area contributed by atoms with Crippen molar-refractivity contribution in [2.75, 3.05) is 13.2 Å². The first-order valence-electron chi connectivity index (χ1n) is 11.9. The maximum absolute atomic E-state index is 11.9. The predicted molar refractivity (Wildman–Crippen MR) is 115 cm³/mol. The van der Waals surface area contributed by atoms with Crippen molar-refractivity contribution < 1.29 is 24.9 Å². The van der Waals surface area contributed by atoms with E-state index in [1.54, 1.807) is 0 Å². The van der Waals surface area contributed by atoms with Crippen LogP contribution in [0.15, 0.2) is 0 Å². The number of carbonyl (C=O) groups excluding carboxylic acids is 1. The predicted octanol–water partition coefficient (Wildman–Crippen LogP) is 3.76. The number of aliphatic hydroxyl groups is 3. The molecule has 0 aromatic carbocycles. The largest absolute Gasteiger partial charge is 0.388 e. The number of carbonyl (C=O) groups is 1.